The quantitative estimate of drug-likeness (QED) is 0.595. The zero-order chi connectivity index (χ0) is 8.43. The number of hydrogen-bond donors (Lipinski definition) is 0. The molecule has 4 heteroatoms. The summed E-state index contributed by atoms with van der Waals surface area (Å²) < 4.78 is 1.62. The lowest BCUT2D eigenvalue weighted by molar-refractivity contribution is 0.186. The van der Waals surface area contributed by atoms with Gasteiger partial charge in [-0.3, -0.25) is 5.01 Å². The number of nitrogens with zero attached hydrogens (tertiary/aromatic N) is 3. The summed E-state index contributed by atoms with van der Waals surface area (Å²) >= 11 is 5.86. The number of rotatable bonds is 2. The van der Waals surface area contributed by atoms with Gasteiger partial charge in [-0.1, -0.05) is 13.8 Å². The van der Waals surface area contributed by atoms with Crippen molar-refractivity contribution < 1.29 is 0 Å². The number of hydrogen-bond acceptors (Lipinski definition) is 3. The van der Waals surface area contributed by atoms with Gasteiger partial charge < -0.3 is 0 Å². The van der Waals surface area contributed by atoms with Gasteiger partial charge in [0.25, 0.3) is 0 Å². The fourth-order valence-electron chi connectivity index (χ4n) is 1.12. The maximum absolute atomic E-state index is 5.86. The molecule has 3 nitrogen and oxygen atoms in total. The molecule has 1 aliphatic heterocycles. The van der Waals surface area contributed by atoms with Crippen LogP contribution in [0.1, 0.15) is 20.3 Å². The highest BCUT2D eigenvalue weighted by molar-refractivity contribution is 6.19. The van der Waals surface area contributed by atoms with Crippen LogP contribution in [-0.2, 0) is 0 Å². The fourth-order valence-corrected chi connectivity index (χ4v) is 1.36. The first-order chi connectivity index (χ1) is 5.11. The summed E-state index contributed by atoms with van der Waals surface area (Å²) in [5, 5.41) is 5.94. The zero-order valence-corrected chi connectivity index (χ0v) is 7.91. The molecule has 1 atom stereocenters. The van der Waals surface area contributed by atoms with Crippen molar-refractivity contribution in [3.05, 3.63) is 0 Å². The van der Waals surface area contributed by atoms with Crippen LogP contribution in [0.2, 0.25) is 0 Å². The standard InChI is InChI=1S/C7H14ClN3/c1-6(2)4-7-10(3)9-5-11(7)8/h5-7H,4H2,1-3H3. The van der Waals surface area contributed by atoms with Gasteiger partial charge in [-0.05, 0) is 12.3 Å². The molecule has 1 unspecified atom stereocenters. The summed E-state index contributed by atoms with van der Waals surface area (Å²) in [6.07, 6.45) is 2.92. The molecule has 64 valence electrons. The first kappa shape index (κ1) is 8.65. The predicted molar refractivity (Wildman–Crippen MR) is 47.2 cm³/mol. The third kappa shape index (κ3) is 1.99. The van der Waals surface area contributed by atoms with Crippen LogP contribution in [0.4, 0.5) is 0 Å². The zero-order valence-electron chi connectivity index (χ0n) is 7.16. The summed E-state index contributed by atoms with van der Waals surface area (Å²) in [6, 6.07) is 0. The lowest BCUT2D eigenvalue weighted by Crippen LogP contribution is -2.33. The minimum absolute atomic E-state index is 0.233. The Morgan fingerprint density at radius 1 is 1.64 bits per heavy atom. The smallest absolute Gasteiger partial charge is 0.134 e. The predicted octanol–water partition coefficient (Wildman–Crippen LogP) is 1.70. The Morgan fingerprint density at radius 2 is 2.27 bits per heavy atom. The summed E-state index contributed by atoms with van der Waals surface area (Å²) in [5.74, 6) is 0.644. The summed E-state index contributed by atoms with van der Waals surface area (Å²) in [6.45, 7) is 4.35. The molecule has 0 saturated carbocycles. The van der Waals surface area contributed by atoms with Crippen molar-refractivity contribution in [1.29, 1.82) is 0 Å². The van der Waals surface area contributed by atoms with Crippen molar-refractivity contribution in [2.24, 2.45) is 11.0 Å². The van der Waals surface area contributed by atoms with Crippen LogP contribution >= 0.6 is 11.8 Å². The van der Waals surface area contributed by atoms with Crippen molar-refractivity contribution in [1.82, 2.24) is 9.43 Å². The van der Waals surface area contributed by atoms with Gasteiger partial charge in [-0.15, -0.1) is 0 Å². The van der Waals surface area contributed by atoms with Crippen molar-refractivity contribution in [3.8, 4) is 0 Å². The molecular formula is C7H14ClN3. The van der Waals surface area contributed by atoms with Gasteiger partial charge in [0.2, 0.25) is 0 Å². The first-order valence-electron chi connectivity index (χ1n) is 3.82. The van der Waals surface area contributed by atoms with Gasteiger partial charge in [-0.2, -0.15) is 5.10 Å². The maximum Gasteiger partial charge on any atom is 0.134 e. The molecule has 0 aromatic carbocycles. The Hall–Kier alpha value is -0.440. The summed E-state index contributed by atoms with van der Waals surface area (Å²) in [4.78, 5) is 0. The summed E-state index contributed by atoms with van der Waals surface area (Å²) in [7, 11) is 1.94. The number of halogens is 1. The minimum Gasteiger partial charge on any atom is -0.275 e. The molecule has 0 bridgehead atoms. The largest absolute Gasteiger partial charge is 0.275 e. The van der Waals surface area contributed by atoms with Crippen LogP contribution in [0.15, 0.2) is 5.10 Å². The molecule has 0 aliphatic carbocycles. The van der Waals surface area contributed by atoms with Crippen LogP contribution in [-0.4, -0.2) is 29.0 Å². The van der Waals surface area contributed by atoms with E-state index in [1.807, 2.05) is 12.1 Å². The SMILES string of the molecule is CC(C)CC1N(Cl)C=NN1C. The van der Waals surface area contributed by atoms with Crippen molar-refractivity contribution in [3.63, 3.8) is 0 Å². The molecule has 0 fully saturated rings. The maximum atomic E-state index is 5.86. The van der Waals surface area contributed by atoms with E-state index in [-0.39, 0.29) is 6.17 Å². The van der Waals surface area contributed by atoms with Crippen molar-refractivity contribution in [2.75, 3.05) is 7.05 Å². The highest BCUT2D eigenvalue weighted by Gasteiger charge is 2.24. The molecule has 1 aliphatic rings. The Morgan fingerprint density at radius 3 is 2.64 bits per heavy atom. The molecule has 0 amide bonds. The second-order valence-electron chi connectivity index (χ2n) is 3.26. The lowest BCUT2D eigenvalue weighted by atomic mass is 10.1. The van der Waals surface area contributed by atoms with E-state index in [1.165, 1.54) is 0 Å². The number of hydrazone groups is 1. The van der Waals surface area contributed by atoms with Gasteiger partial charge in [0.05, 0.1) is 0 Å². The second kappa shape index (κ2) is 3.30. The van der Waals surface area contributed by atoms with Gasteiger partial charge in [0.15, 0.2) is 0 Å². The lowest BCUT2D eigenvalue weighted by Gasteiger charge is -2.24. The molecule has 0 aromatic rings. The van der Waals surface area contributed by atoms with E-state index >= 15 is 0 Å². The molecular weight excluding hydrogens is 162 g/mol. The van der Waals surface area contributed by atoms with E-state index in [4.69, 9.17) is 11.8 Å². The van der Waals surface area contributed by atoms with Crippen LogP contribution in [0.3, 0.4) is 0 Å². The van der Waals surface area contributed by atoms with Crippen molar-refractivity contribution in [2.45, 2.75) is 26.4 Å². The average Bonchev–Trinajstić information content (AvgIpc) is 2.18. The molecule has 0 saturated heterocycles. The Bertz CT molecular complexity index is 146. The molecule has 0 spiro atoms. The van der Waals surface area contributed by atoms with E-state index in [1.54, 1.807) is 10.8 Å². The van der Waals surface area contributed by atoms with E-state index in [9.17, 15) is 0 Å². The van der Waals surface area contributed by atoms with Crippen LogP contribution in [0.25, 0.3) is 0 Å². The Labute approximate surface area is 72.7 Å². The molecule has 0 radical (unpaired) electrons. The molecule has 11 heavy (non-hydrogen) atoms. The van der Waals surface area contributed by atoms with Crippen molar-refractivity contribution >= 4 is 18.1 Å². The van der Waals surface area contributed by atoms with E-state index < -0.39 is 0 Å². The molecule has 0 N–H and O–H groups in total. The normalized spacial score (nSPS) is 23.9. The minimum atomic E-state index is 0.233. The second-order valence-corrected chi connectivity index (χ2v) is 3.65. The van der Waals surface area contributed by atoms with Gasteiger partial charge in [-0.25, -0.2) is 4.42 Å². The van der Waals surface area contributed by atoms with Gasteiger partial charge in [0, 0.05) is 18.8 Å². The monoisotopic (exact) mass is 175 g/mol. The van der Waals surface area contributed by atoms with E-state index in [2.05, 4.69) is 18.9 Å². The van der Waals surface area contributed by atoms with E-state index in [0.717, 1.165) is 6.42 Å². The summed E-state index contributed by atoms with van der Waals surface area (Å²) in [5.41, 5.74) is 0. The third-order valence-corrected chi connectivity index (χ3v) is 2.05. The van der Waals surface area contributed by atoms with Gasteiger partial charge in [0.1, 0.15) is 12.5 Å². The Balaban J connectivity index is 2.45. The average molecular weight is 176 g/mol. The molecule has 0 aromatic heterocycles. The highest BCUT2D eigenvalue weighted by Crippen LogP contribution is 2.19. The highest BCUT2D eigenvalue weighted by atomic mass is 35.5. The Kier molecular flexibility index (Phi) is 2.60. The van der Waals surface area contributed by atoms with Crippen LogP contribution in [0.5, 0.6) is 0 Å². The third-order valence-electron chi connectivity index (χ3n) is 1.74. The van der Waals surface area contributed by atoms with Crippen LogP contribution < -0.4 is 0 Å². The topological polar surface area (TPSA) is 18.8 Å². The van der Waals surface area contributed by atoms with Crippen LogP contribution in [0, 0.1) is 5.92 Å². The molecule has 1 rings (SSSR count). The van der Waals surface area contributed by atoms with Gasteiger partial charge >= 0.3 is 0 Å². The van der Waals surface area contributed by atoms with E-state index in [0.29, 0.717) is 5.92 Å². The first-order valence-corrected chi connectivity index (χ1v) is 4.16. The molecule has 1 heterocycles. The fraction of sp³-hybridized carbons (Fsp3) is 0.857.